The van der Waals surface area contributed by atoms with Crippen molar-refractivity contribution < 1.29 is 4.39 Å². The third-order valence-electron chi connectivity index (χ3n) is 4.54. The Morgan fingerprint density at radius 1 is 1.32 bits per heavy atom. The Bertz CT molecular complexity index is 518. The minimum Gasteiger partial charge on any atom is -0.370 e. The van der Waals surface area contributed by atoms with Gasteiger partial charge in [0.25, 0.3) is 0 Å². The molecule has 1 aliphatic carbocycles. The van der Waals surface area contributed by atoms with Crippen LogP contribution in [-0.4, -0.2) is 31.1 Å². The second-order valence-electron chi connectivity index (χ2n) is 6.03. The molecule has 1 aromatic rings. The normalized spacial score (nSPS) is 33.2. The van der Waals surface area contributed by atoms with Gasteiger partial charge in [-0.25, -0.2) is 4.39 Å². The largest absolute Gasteiger partial charge is 0.370 e. The van der Waals surface area contributed by atoms with Crippen molar-refractivity contribution in [2.24, 2.45) is 0 Å². The first-order valence-electron chi connectivity index (χ1n) is 6.60. The Hall–Kier alpha value is -1.55. The second kappa shape index (κ2) is 3.97. The molecule has 3 nitrogen and oxygen atoms in total. The molecule has 0 bridgehead atoms. The van der Waals surface area contributed by atoms with Gasteiger partial charge in [-0.1, -0.05) is 18.7 Å². The first-order chi connectivity index (χ1) is 8.96. The van der Waals surface area contributed by atoms with Gasteiger partial charge in [0, 0.05) is 6.54 Å². The van der Waals surface area contributed by atoms with Crippen LogP contribution in [0.3, 0.4) is 0 Å². The van der Waals surface area contributed by atoms with E-state index in [9.17, 15) is 4.39 Å². The van der Waals surface area contributed by atoms with Crippen molar-refractivity contribution in [2.75, 3.05) is 20.6 Å². The van der Waals surface area contributed by atoms with Gasteiger partial charge in [0.15, 0.2) is 0 Å². The van der Waals surface area contributed by atoms with Crippen LogP contribution in [0.5, 0.6) is 0 Å². The highest BCUT2D eigenvalue weighted by Crippen LogP contribution is 2.52. The van der Waals surface area contributed by atoms with E-state index in [0.29, 0.717) is 0 Å². The van der Waals surface area contributed by atoms with Gasteiger partial charge in [0.1, 0.15) is 5.82 Å². The molecule has 1 aliphatic heterocycles. The molecular weight excluding hydrogens is 241 g/mol. The molecule has 0 radical (unpaired) electrons. The van der Waals surface area contributed by atoms with E-state index in [1.165, 1.54) is 6.07 Å². The highest BCUT2D eigenvalue weighted by molar-refractivity contribution is 5.34. The maximum atomic E-state index is 13.5. The average Bonchev–Trinajstić information content (AvgIpc) is 2.68. The number of nitrogens with one attached hydrogen (secondary N) is 2. The quantitative estimate of drug-likeness (QED) is 0.850. The van der Waals surface area contributed by atoms with Crippen LogP contribution in [0.2, 0.25) is 0 Å². The first-order valence-corrected chi connectivity index (χ1v) is 6.60. The van der Waals surface area contributed by atoms with E-state index in [1.807, 2.05) is 6.07 Å². The maximum Gasteiger partial charge on any atom is 0.123 e. The van der Waals surface area contributed by atoms with E-state index in [0.717, 1.165) is 30.8 Å². The van der Waals surface area contributed by atoms with E-state index >= 15 is 0 Å². The van der Waals surface area contributed by atoms with Crippen molar-refractivity contribution in [2.45, 2.75) is 23.9 Å². The summed E-state index contributed by atoms with van der Waals surface area (Å²) in [4.78, 5) is 2.20. The lowest BCUT2D eigenvalue weighted by Gasteiger charge is -2.58. The van der Waals surface area contributed by atoms with Crippen molar-refractivity contribution in [1.82, 2.24) is 15.5 Å². The molecule has 3 rings (SSSR count). The van der Waals surface area contributed by atoms with Crippen LogP contribution in [0.4, 0.5) is 4.39 Å². The molecule has 0 aromatic heterocycles. The van der Waals surface area contributed by atoms with Gasteiger partial charge in [-0.3, -0.25) is 4.90 Å². The van der Waals surface area contributed by atoms with Gasteiger partial charge in [-0.15, -0.1) is 0 Å². The van der Waals surface area contributed by atoms with Crippen molar-refractivity contribution in [3.63, 3.8) is 0 Å². The van der Waals surface area contributed by atoms with Gasteiger partial charge in [-0.05, 0) is 44.6 Å². The molecule has 0 atom stereocenters. The van der Waals surface area contributed by atoms with Crippen LogP contribution in [-0.2, 0) is 5.54 Å². The standard InChI is InChI=1S/C15H20FN3/c1-11-17-10-14(18-11)8-15(9-14,19(2)3)12-5-4-6-13(16)7-12/h4-7,17-18H,1,8-10H2,2-3H3. The lowest BCUT2D eigenvalue weighted by molar-refractivity contribution is -0.0187. The number of nitrogens with zero attached hydrogens (tertiary/aromatic N) is 1. The Balaban J connectivity index is 1.90. The fourth-order valence-corrected chi connectivity index (χ4v) is 3.52. The van der Waals surface area contributed by atoms with Crippen molar-refractivity contribution in [3.8, 4) is 0 Å². The molecule has 0 amide bonds. The molecule has 1 aromatic carbocycles. The average molecular weight is 261 g/mol. The summed E-state index contributed by atoms with van der Waals surface area (Å²) in [6.07, 6.45) is 1.92. The highest BCUT2D eigenvalue weighted by atomic mass is 19.1. The molecule has 0 unspecified atom stereocenters. The Kier molecular flexibility index (Phi) is 2.61. The molecule has 1 spiro atoms. The summed E-state index contributed by atoms with van der Waals surface area (Å²) in [6, 6.07) is 6.97. The molecule has 2 N–H and O–H groups in total. The summed E-state index contributed by atoms with van der Waals surface area (Å²) in [5, 5.41) is 6.69. The fraction of sp³-hybridized carbons (Fsp3) is 0.467. The predicted octanol–water partition coefficient (Wildman–Crippen LogP) is 1.78. The van der Waals surface area contributed by atoms with Gasteiger partial charge >= 0.3 is 0 Å². The maximum absolute atomic E-state index is 13.5. The Morgan fingerprint density at radius 3 is 2.58 bits per heavy atom. The van der Waals surface area contributed by atoms with Crippen LogP contribution in [0.25, 0.3) is 0 Å². The van der Waals surface area contributed by atoms with Gasteiger partial charge < -0.3 is 10.6 Å². The molecule has 102 valence electrons. The topological polar surface area (TPSA) is 27.3 Å². The van der Waals surface area contributed by atoms with Gasteiger partial charge in [0.2, 0.25) is 0 Å². The predicted molar refractivity (Wildman–Crippen MR) is 74.0 cm³/mol. The summed E-state index contributed by atoms with van der Waals surface area (Å²) in [5.74, 6) is 0.730. The van der Waals surface area contributed by atoms with Crippen molar-refractivity contribution in [1.29, 1.82) is 0 Å². The smallest absolute Gasteiger partial charge is 0.123 e. The van der Waals surface area contributed by atoms with E-state index < -0.39 is 0 Å². The number of halogens is 1. The van der Waals surface area contributed by atoms with Crippen LogP contribution in [0, 0.1) is 5.82 Å². The number of hydrogen-bond acceptors (Lipinski definition) is 3. The minimum absolute atomic E-state index is 0.0771. The summed E-state index contributed by atoms with van der Waals surface area (Å²) in [6.45, 7) is 4.81. The highest BCUT2D eigenvalue weighted by Gasteiger charge is 2.58. The SMILES string of the molecule is C=C1NCC2(CC(c3cccc(F)c3)(N(C)C)C2)N1. The van der Waals surface area contributed by atoms with E-state index in [-0.39, 0.29) is 16.9 Å². The second-order valence-corrected chi connectivity index (χ2v) is 6.03. The van der Waals surface area contributed by atoms with Gasteiger partial charge in [0.05, 0.1) is 16.9 Å². The van der Waals surface area contributed by atoms with E-state index in [2.05, 4.69) is 36.2 Å². The van der Waals surface area contributed by atoms with Crippen LogP contribution >= 0.6 is 0 Å². The molecular formula is C15H20FN3. The van der Waals surface area contributed by atoms with Crippen molar-refractivity contribution >= 4 is 0 Å². The summed E-state index contributed by atoms with van der Waals surface area (Å²) in [5.41, 5.74) is 1.05. The molecule has 19 heavy (non-hydrogen) atoms. The van der Waals surface area contributed by atoms with E-state index in [4.69, 9.17) is 0 Å². The summed E-state index contributed by atoms with van der Waals surface area (Å²) < 4.78 is 13.5. The van der Waals surface area contributed by atoms with Crippen LogP contribution in [0.1, 0.15) is 18.4 Å². The number of benzene rings is 1. The zero-order chi connectivity index (χ0) is 13.7. The zero-order valence-corrected chi connectivity index (χ0v) is 11.5. The summed E-state index contributed by atoms with van der Waals surface area (Å²) in [7, 11) is 4.13. The number of rotatable bonds is 2. The molecule has 1 saturated heterocycles. The Labute approximate surface area is 113 Å². The fourth-order valence-electron chi connectivity index (χ4n) is 3.52. The van der Waals surface area contributed by atoms with E-state index in [1.54, 1.807) is 12.1 Å². The molecule has 2 fully saturated rings. The van der Waals surface area contributed by atoms with Gasteiger partial charge in [-0.2, -0.15) is 0 Å². The molecule has 2 aliphatic rings. The van der Waals surface area contributed by atoms with Crippen molar-refractivity contribution in [3.05, 3.63) is 48.0 Å². The lowest BCUT2D eigenvalue weighted by Crippen LogP contribution is -2.66. The zero-order valence-electron chi connectivity index (χ0n) is 11.5. The minimum atomic E-state index is -0.165. The Morgan fingerprint density at radius 2 is 2.05 bits per heavy atom. The lowest BCUT2D eigenvalue weighted by atomic mass is 9.59. The third-order valence-corrected chi connectivity index (χ3v) is 4.54. The molecule has 4 heteroatoms. The monoisotopic (exact) mass is 261 g/mol. The summed E-state index contributed by atoms with van der Waals surface area (Å²) >= 11 is 0. The van der Waals surface area contributed by atoms with Crippen LogP contribution in [0.15, 0.2) is 36.7 Å². The molecule has 1 saturated carbocycles. The van der Waals surface area contributed by atoms with Crippen LogP contribution < -0.4 is 10.6 Å². The third kappa shape index (κ3) is 1.82. The first kappa shape index (κ1) is 12.5. The molecule has 1 heterocycles. The number of hydrogen-bond donors (Lipinski definition) is 2.